The third kappa shape index (κ3) is 3.70. The van der Waals surface area contributed by atoms with Crippen molar-refractivity contribution in [3.63, 3.8) is 0 Å². The van der Waals surface area contributed by atoms with Crippen LogP contribution in [0.2, 0.25) is 0 Å². The number of benzene rings is 2. The third-order valence-electron chi connectivity index (χ3n) is 3.97. The van der Waals surface area contributed by atoms with Crippen LogP contribution < -0.4 is 5.56 Å². The SMILES string of the molecule is CC#Cc1c(-c2ccc(S(C)(=O)=O)cc2)cnn(-c2ccc(F)c(F)c2)c1=O. The van der Waals surface area contributed by atoms with Crippen LogP contribution in [0.1, 0.15) is 12.5 Å². The lowest BCUT2D eigenvalue weighted by Crippen LogP contribution is -2.24. The highest BCUT2D eigenvalue weighted by Gasteiger charge is 2.15. The highest BCUT2D eigenvalue weighted by atomic mass is 32.2. The lowest BCUT2D eigenvalue weighted by atomic mass is 10.0. The molecule has 0 aliphatic rings. The van der Waals surface area contributed by atoms with Crippen molar-refractivity contribution in [3.8, 4) is 28.7 Å². The summed E-state index contributed by atoms with van der Waals surface area (Å²) in [6.07, 6.45) is 2.47. The first-order chi connectivity index (χ1) is 13.2. The number of hydrogen-bond donors (Lipinski definition) is 0. The van der Waals surface area contributed by atoms with Crippen LogP contribution in [0.5, 0.6) is 0 Å². The number of nitrogens with zero attached hydrogens (tertiary/aromatic N) is 2. The van der Waals surface area contributed by atoms with E-state index in [1.165, 1.54) is 24.4 Å². The fourth-order valence-corrected chi connectivity index (χ4v) is 3.23. The molecule has 0 fully saturated rings. The van der Waals surface area contributed by atoms with Crippen LogP contribution in [0.4, 0.5) is 8.78 Å². The molecular weight excluding hydrogens is 386 g/mol. The second-order valence-electron chi connectivity index (χ2n) is 5.92. The minimum absolute atomic E-state index is 0.0574. The van der Waals surface area contributed by atoms with Crippen LogP contribution in [-0.4, -0.2) is 24.5 Å². The maximum absolute atomic E-state index is 13.5. The van der Waals surface area contributed by atoms with Gasteiger partial charge in [0, 0.05) is 17.9 Å². The van der Waals surface area contributed by atoms with Crippen LogP contribution in [0, 0.1) is 23.5 Å². The lowest BCUT2D eigenvalue weighted by molar-refractivity contribution is 0.507. The monoisotopic (exact) mass is 400 g/mol. The summed E-state index contributed by atoms with van der Waals surface area (Å²) in [7, 11) is -3.36. The summed E-state index contributed by atoms with van der Waals surface area (Å²) >= 11 is 0. The Morgan fingerprint density at radius 3 is 2.29 bits per heavy atom. The first kappa shape index (κ1) is 19.5. The second-order valence-corrected chi connectivity index (χ2v) is 7.94. The van der Waals surface area contributed by atoms with E-state index in [0.29, 0.717) is 11.1 Å². The molecule has 0 amide bonds. The van der Waals surface area contributed by atoms with Gasteiger partial charge in [0.05, 0.1) is 16.8 Å². The van der Waals surface area contributed by atoms with E-state index in [1.54, 1.807) is 19.1 Å². The number of halogens is 2. The molecule has 0 saturated carbocycles. The predicted molar refractivity (Wildman–Crippen MR) is 101 cm³/mol. The zero-order valence-corrected chi connectivity index (χ0v) is 15.7. The molecular formula is C20H14F2N2O3S. The van der Waals surface area contributed by atoms with E-state index in [1.807, 2.05) is 0 Å². The average molecular weight is 400 g/mol. The van der Waals surface area contributed by atoms with E-state index in [0.717, 1.165) is 23.1 Å². The summed E-state index contributed by atoms with van der Waals surface area (Å²) in [6.45, 7) is 1.55. The molecule has 0 atom stereocenters. The smallest absolute Gasteiger partial charge is 0.266 e. The van der Waals surface area contributed by atoms with Crippen LogP contribution in [0.25, 0.3) is 16.8 Å². The summed E-state index contributed by atoms with van der Waals surface area (Å²) in [5.41, 5.74) is 0.506. The molecule has 0 bridgehead atoms. The third-order valence-corrected chi connectivity index (χ3v) is 5.10. The van der Waals surface area contributed by atoms with Crippen molar-refractivity contribution in [3.05, 3.63) is 76.2 Å². The van der Waals surface area contributed by atoms with Crippen LogP contribution in [0.3, 0.4) is 0 Å². The number of hydrogen-bond acceptors (Lipinski definition) is 4. The zero-order valence-electron chi connectivity index (χ0n) is 14.9. The van der Waals surface area contributed by atoms with Gasteiger partial charge in [-0.25, -0.2) is 17.2 Å². The van der Waals surface area contributed by atoms with Gasteiger partial charge in [-0.1, -0.05) is 18.1 Å². The van der Waals surface area contributed by atoms with Gasteiger partial charge in [-0.15, -0.1) is 5.92 Å². The Kier molecular flexibility index (Phi) is 5.12. The molecule has 2 aromatic carbocycles. The molecule has 8 heteroatoms. The van der Waals surface area contributed by atoms with Gasteiger partial charge in [0.1, 0.15) is 5.56 Å². The Bertz CT molecular complexity index is 1290. The average Bonchev–Trinajstić information content (AvgIpc) is 2.65. The van der Waals surface area contributed by atoms with E-state index in [-0.39, 0.29) is 16.1 Å². The molecule has 3 rings (SSSR count). The number of aromatic nitrogens is 2. The van der Waals surface area contributed by atoms with Gasteiger partial charge in [-0.3, -0.25) is 4.79 Å². The summed E-state index contributed by atoms with van der Waals surface area (Å²) < 4.78 is 50.8. The molecule has 5 nitrogen and oxygen atoms in total. The van der Waals surface area contributed by atoms with Crippen molar-refractivity contribution in [1.29, 1.82) is 0 Å². The van der Waals surface area contributed by atoms with E-state index in [4.69, 9.17) is 0 Å². The van der Waals surface area contributed by atoms with Gasteiger partial charge in [0.2, 0.25) is 0 Å². The molecule has 1 heterocycles. The van der Waals surface area contributed by atoms with Crippen molar-refractivity contribution >= 4 is 9.84 Å². The molecule has 3 aromatic rings. The highest BCUT2D eigenvalue weighted by Crippen LogP contribution is 2.23. The lowest BCUT2D eigenvalue weighted by Gasteiger charge is -2.10. The predicted octanol–water partition coefficient (Wildman–Crippen LogP) is 2.95. The first-order valence-electron chi connectivity index (χ1n) is 8.03. The molecule has 142 valence electrons. The Balaban J connectivity index is 2.18. The van der Waals surface area contributed by atoms with Crippen LogP contribution in [0.15, 0.2) is 58.4 Å². The van der Waals surface area contributed by atoms with Crippen molar-refractivity contribution < 1.29 is 17.2 Å². The van der Waals surface area contributed by atoms with Crippen LogP contribution >= 0.6 is 0 Å². The molecule has 0 aliphatic carbocycles. The topological polar surface area (TPSA) is 69.0 Å². The standard InChI is InChI=1S/C20H14F2N2O3S/c1-3-4-16-17(13-5-8-15(9-6-13)28(2,26)27)12-23-24(20(16)25)14-7-10-18(21)19(22)11-14/h5-12H,1-2H3. The van der Waals surface area contributed by atoms with E-state index in [9.17, 15) is 22.0 Å². The molecule has 0 spiro atoms. The summed E-state index contributed by atoms with van der Waals surface area (Å²) in [4.78, 5) is 13.0. The molecule has 0 N–H and O–H groups in total. The van der Waals surface area contributed by atoms with Gasteiger partial charge in [-0.05, 0) is 36.8 Å². The molecule has 0 radical (unpaired) electrons. The van der Waals surface area contributed by atoms with Gasteiger partial charge in [0.15, 0.2) is 21.5 Å². The Morgan fingerprint density at radius 2 is 1.71 bits per heavy atom. The fraction of sp³-hybridized carbons (Fsp3) is 0.100. The molecule has 1 aromatic heterocycles. The van der Waals surface area contributed by atoms with Gasteiger partial charge in [-0.2, -0.15) is 9.78 Å². The molecule has 0 unspecified atom stereocenters. The normalized spacial score (nSPS) is 11.0. The van der Waals surface area contributed by atoms with E-state index < -0.39 is 27.0 Å². The van der Waals surface area contributed by atoms with E-state index >= 15 is 0 Å². The quantitative estimate of drug-likeness (QED) is 0.634. The van der Waals surface area contributed by atoms with Crippen molar-refractivity contribution in [2.45, 2.75) is 11.8 Å². The molecule has 28 heavy (non-hydrogen) atoms. The van der Waals surface area contributed by atoms with Gasteiger partial charge < -0.3 is 0 Å². The largest absolute Gasteiger partial charge is 0.287 e. The van der Waals surface area contributed by atoms with E-state index in [2.05, 4.69) is 16.9 Å². The second kappa shape index (κ2) is 7.37. The van der Waals surface area contributed by atoms with Crippen LogP contribution in [-0.2, 0) is 9.84 Å². The Labute approximate surface area is 160 Å². The molecule has 0 saturated heterocycles. The Morgan fingerprint density at radius 1 is 1.04 bits per heavy atom. The van der Waals surface area contributed by atoms with Crippen molar-refractivity contribution in [2.75, 3.05) is 6.26 Å². The first-order valence-corrected chi connectivity index (χ1v) is 9.92. The highest BCUT2D eigenvalue weighted by molar-refractivity contribution is 7.90. The summed E-state index contributed by atoms with van der Waals surface area (Å²) in [6, 6.07) is 8.96. The summed E-state index contributed by atoms with van der Waals surface area (Å²) in [5, 5.41) is 4.04. The number of rotatable bonds is 3. The van der Waals surface area contributed by atoms with Gasteiger partial charge in [0.25, 0.3) is 5.56 Å². The van der Waals surface area contributed by atoms with Crippen molar-refractivity contribution in [1.82, 2.24) is 9.78 Å². The molecule has 0 aliphatic heterocycles. The Hall–Kier alpha value is -3.31. The van der Waals surface area contributed by atoms with Crippen molar-refractivity contribution in [2.24, 2.45) is 0 Å². The van der Waals surface area contributed by atoms with Gasteiger partial charge >= 0.3 is 0 Å². The fourth-order valence-electron chi connectivity index (χ4n) is 2.60. The number of sulfone groups is 1. The minimum Gasteiger partial charge on any atom is -0.266 e. The maximum Gasteiger partial charge on any atom is 0.287 e. The zero-order chi connectivity index (χ0) is 20.5. The minimum atomic E-state index is -3.36. The maximum atomic E-state index is 13.5. The summed E-state index contributed by atoms with van der Waals surface area (Å²) in [5.74, 6) is 3.23.